The maximum Gasteiger partial charge on any atom is 0.125 e. The third-order valence-electron chi connectivity index (χ3n) is 3.32. The van der Waals surface area contributed by atoms with Crippen LogP contribution >= 0.6 is 0 Å². The fourth-order valence-corrected chi connectivity index (χ4v) is 1.88. The maximum absolute atomic E-state index is 13.2. The van der Waals surface area contributed by atoms with Gasteiger partial charge in [0.15, 0.2) is 0 Å². The van der Waals surface area contributed by atoms with Crippen LogP contribution in [-0.2, 0) is 6.54 Å². The van der Waals surface area contributed by atoms with E-state index in [4.69, 9.17) is 5.73 Å². The van der Waals surface area contributed by atoms with Crippen LogP contribution in [0.15, 0.2) is 30.5 Å². The molecule has 2 N–H and O–H groups in total. The highest BCUT2D eigenvalue weighted by Crippen LogP contribution is 2.22. The van der Waals surface area contributed by atoms with E-state index in [1.807, 2.05) is 18.3 Å². The van der Waals surface area contributed by atoms with Crippen LogP contribution in [0.5, 0.6) is 0 Å². The summed E-state index contributed by atoms with van der Waals surface area (Å²) < 4.78 is 15.3. The Kier molecular flexibility index (Phi) is 3.20. The van der Waals surface area contributed by atoms with Crippen LogP contribution in [0.4, 0.5) is 4.39 Å². The van der Waals surface area contributed by atoms with Crippen LogP contribution < -0.4 is 5.73 Å². The van der Waals surface area contributed by atoms with E-state index in [0.717, 1.165) is 23.9 Å². The van der Waals surface area contributed by atoms with Gasteiger partial charge < -0.3 is 10.3 Å². The van der Waals surface area contributed by atoms with Crippen molar-refractivity contribution >= 4 is 10.9 Å². The predicted molar refractivity (Wildman–Crippen MR) is 69.3 cm³/mol. The Balaban J connectivity index is 2.22. The first-order valence-corrected chi connectivity index (χ1v) is 5.96. The third-order valence-corrected chi connectivity index (χ3v) is 3.32. The molecule has 0 spiro atoms. The zero-order valence-corrected chi connectivity index (χ0v) is 10.4. The van der Waals surface area contributed by atoms with Gasteiger partial charge in [-0.3, -0.25) is 0 Å². The second-order valence-electron chi connectivity index (χ2n) is 5.33. The lowest BCUT2D eigenvalue weighted by molar-refractivity contribution is 0.326. The Bertz CT molecular complexity index is 514. The standard InChI is InChI=1S/C14H19FN2/c1-14(2,10-16)6-8-17-7-5-11-3-4-12(15)9-13(11)17/h3-5,7,9H,6,8,10,16H2,1-2H3. The molecule has 0 atom stereocenters. The van der Waals surface area contributed by atoms with Gasteiger partial charge in [-0.05, 0) is 48.0 Å². The summed E-state index contributed by atoms with van der Waals surface area (Å²) in [6, 6.07) is 6.92. The van der Waals surface area contributed by atoms with E-state index in [9.17, 15) is 4.39 Å². The summed E-state index contributed by atoms with van der Waals surface area (Å²) in [7, 11) is 0. The first kappa shape index (κ1) is 12.1. The zero-order valence-electron chi connectivity index (χ0n) is 10.4. The topological polar surface area (TPSA) is 30.9 Å². The van der Waals surface area contributed by atoms with E-state index >= 15 is 0 Å². The van der Waals surface area contributed by atoms with Crippen molar-refractivity contribution in [3.05, 3.63) is 36.3 Å². The molecule has 0 aliphatic heterocycles. The predicted octanol–water partition coefficient (Wildman–Crippen LogP) is 3.16. The molecule has 1 aromatic carbocycles. The quantitative estimate of drug-likeness (QED) is 0.865. The number of rotatable bonds is 4. The second-order valence-corrected chi connectivity index (χ2v) is 5.33. The first-order valence-electron chi connectivity index (χ1n) is 5.96. The lowest BCUT2D eigenvalue weighted by Gasteiger charge is -2.22. The average Bonchev–Trinajstić information content (AvgIpc) is 2.69. The summed E-state index contributed by atoms with van der Waals surface area (Å²) >= 11 is 0. The molecule has 0 radical (unpaired) electrons. The van der Waals surface area contributed by atoms with Gasteiger partial charge in [-0.25, -0.2) is 4.39 Å². The molecule has 0 saturated carbocycles. The molecule has 0 aliphatic carbocycles. The normalized spacial score (nSPS) is 12.2. The summed E-state index contributed by atoms with van der Waals surface area (Å²) in [5.41, 5.74) is 6.80. The number of aryl methyl sites for hydroxylation is 1. The van der Waals surface area contributed by atoms with Gasteiger partial charge in [0.2, 0.25) is 0 Å². The average molecular weight is 234 g/mol. The van der Waals surface area contributed by atoms with E-state index in [0.29, 0.717) is 6.54 Å². The van der Waals surface area contributed by atoms with Crippen LogP contribution in [-0.4, -0.2) is 11.1 Å². The monoisotopic (exact) mass is 234 g/mol. The third kappa shape index (κ3) is 2.67. The maximum atomic E-state index is 13.2. The van der Waals surface area contributed by atoms with Gasteiger partial charge in [0, 0.05) is 12.7 Å². The molecule has 0 saturated heterocycles. The van der Waals surface area contributed by atoms with E-state index in [1.165, 1.54) is 6.07 Å². The van der Waals surface area contributed by atoms with Crippen LogP contribution in [0, 0.1) is 11.2 Å². The highest BCUT2D eigenvalue weighted by Gasteiger charge is 2.15. The van der Waals surface area contributed by atoms with E-state index in [1.54, 1.807) is 6.07 Å². The Labute approximate surface area is 101 Å². The number of halogens is 1. The molecule has 2 rings (SSSR count). The van der Waals surface area contributed by atoms with Gasteiger partial charge in [0.1, 0.15) is 5.82 Å². The number of fused-ring (bicyclic) bond motifs is 1. The van der Waals surface area contributed by atoms with Gasteiger partial charge in [-0.15, -0.1) is 0 Å². The summed E-state index contributed by atoms with van der Waals surface area (Å²) in [6.45, 7) is 5.84. The fraction of sp³-hybridized carbons (Fsp3) is 0.429. The van der Waals surface area contributed by atoms with Crippen molar-refractivity contribution in [1.29, 1.82) is 0 Å². The molecule has 0 unspecified atom stereocenters. The highest BCUT2D eigenvalue weighted by atomic mass is 19.1. The number of benzene rings is 1. The van der Waals surface area contributed by atoms with Gasteiger partial charge in [0.05, 0.1) is 5.52 Å². The zero-order chi connectivity index (χ0) is 12.5. The molecule has 2 aromatic rings. The smallest absolute Gasteiger partial charge is 0.125 e. The highest BCUT2D eigenvalue weighted by molar-refractivity contribution is 5.80. The molecular weight excluding hydrogens is 215 g/mol. The Morgan fingerprint density at radius 1 is 1.29 bits per heavy atom. The fourth-order valence-electron chi connectivity index (χ4n) is 1.88. The first-order chi connectivity index (χ1) is 8.02. The molecular formula is C14H19FN2. The van der Waals surface area contributed by atoms with Gasteiger partial charge in [-0.2, -0.15) is 0 Å². The van der Waals surface area contributed by atoms with Crippen molar-refractivity contribution in [3.63, 3.8) is 0 Å². The lowest BCUT2D eigenvalue weighted by atomic mass is 9.90. The molecule has 3 heteroatoms. The van der Waals surface area contributed by atoms with Crippen molar-refractivity contribution < 1.29 is 4.39 Å². The number of hydrogen-bond acceptors (Lipinski definition) is 1. The van der Waals surface area contributed by atoms with Crippen molar-refractivity contribution in [2.75, 3.05) is 6.54 Å². The van der Waals surface area contributed by atoms with Gasteiger partial charge >= 0.3 is 0 Å². The van der Waals surface area contributed by atoms with Crippen molar-refractivity contribution in [3.8, 4) is 0 Å². The molecule has 0 bridgehead atoms. The SMILES string of the molecule is CC(C)(CN)CCn1ccc2ccc(F)cc21. The molecule has 1 aromatic heterocycles. The molecule has 92 valence electrons. The van der Waals surface area contributed by atoms with Crippen LogP contribution in [0.3, 0.4) is 0 Å². The van der Waals surface area contributed by atoms with Gasteiger partial charge in [-0.1, -0.05) is 13.8 Å². The minimum absolute atomic E-state index is 0.129. The molecule has 17 heavy (non-hydrogen) atoms. The van der Waals surface area contributed by atoms with Gasteiger partial charge in [0.25, 0.3) is 0 Å². The summed E-state index contributed by atoms with van der Waals surface area (Å²) in [4.78, 5) is 0. The second kappa shape index (κ2) is 4.49. The van der Waals surface area contributed by atoms with Crippen molar-refractivity contribution in [2.24, 2.45) is 11.1 Å². The lowest BCUT2D eigenvalue weighted by Crippen LogP contribution is -2.24. The van der Waals surface area contributed by atoms with Crippen LogP contribution in [0.1, 0.15) is 20.3 Å². The van der Waals surface area contributed by atoms with E-state index in [2.05, 4.69) is 18.4 Å². The Hall–Kier alpha value is -1.35. The summed E-state index contributed by atoms with van der Waals surface area (Å²) in [5, 5.41) is 1.08. The number of aromatic nitrogens is 1. The summed E-state index contributed by atoms with van der Waals surface area (Å²) in [5.74, 6) is -0.185. The van der Waals surface area contributed by atoms with Crippen molar-refractivity contribution in [1.82, 2.24) is 4.57 Å². The Morgan fingerprint density at radius 3 is 2.76 bits per heavy atom. The summed E-state index contributed by atoms with van der Waals surface area (Å²) in [6.07, 6.45) is 3.00. The molecule has 1 heterocycles. The number of nitrogens with two attached hydrogens (primary N) is 1. The molecule has 0 aliphatic rings. The van der Waals surface area contributed by atoms with E-state index in [-0.39, 0.29) is 11.2 Å². The molecule has 0 fully saturated rings. The van der Waals surface area contributed by atoms with Crippen molar-refractivity contribution in [2.45, 2.75) is 26.8 Å². The minimum atomic E-state index is -0.185. The number of hydrogen-bond donors (Lipinski definition) is 1. The Morgan fingerprint density at radius 2 is 2.06 bits per heavy atom. The molecule has 0 amide bonds. The van der Waals surface area contributed by atoms with Crippen LogP contribution in [0.25, 0.3) is 10.9 Å². The largest absolute Gasteiger partial charge is 0.347 e. The number of nitrogens with zero attached hydrogens (tertiary/aromatic N) is 1. The van der Waals surface area contributed by atoms with Crippen LogP contribution in [0.2, 0.25) is 0 Å². The molecule has 2 nitrogen and oxygen atoms in total. The van der Waals surface area contributed by atoms with E-state index < -0.39 is 0 Å². The minimum Gasteiger partial charge on any atom is -0.347 e.